The van der Waals surface area contributed by atoms with Crippen molar-refractivity contribution in [3.8, 4) is 5.75 Å². The van der Waals surface area contributed by atoms with Crippen molar-refractivity contribution in [3.05, 3.63) is 80.0 Å². The van der Waals surface area contributed by atoms with Gasteiger partial charge < -0.3 is 24.6 Å². The second-order valence-electron chi connectivity index (χ2n) is 12.1. The first-order valence-electron chi connectivity index (χ1n) is 16.1. The van der Waals surface area contributed by atoms with Gasteiger partial charge in [-0.05, 0) is 62.8 Å². The lowest BCUT2D eigenvalue weighted by atomic mass is 9.99. The minimum atomic E-state index is -4.61. The van der Waals surface area contributed by atoms with Crippen molar-refractivity contribution in [2.75, 3.05) is 31.6 Å². The summed E-state index contributed by atoms with van der Waals surface area (Å²) in [6.45, 7) is 4.52. The average Bonchev–Trinajstić information content (AvgIpc) is 3.40. The number of alkyl halides is 3. The fraction of sp³-hybridized carbons (Fsp3) is 0.424. The number of aryl methyl sites for hydroxylation is 1. The Balaban J connectivity index is 1.39. The molecule has 6 rings (SSSR count). The third-order valence-electron chi connectivity index (χ3n) is 8.91. The summed E-state index contributed by atoms with van der Waals surface area (Å²) in [5, 5.41) is 17.3. The highest BCUT2D eigenvalue weighted by molar-refractivity contribution is 6.33. The first-order chi connectivity index (χ1) is 23.9. The first kappa shape index (κ1) is 35.0. The lowest BCUT2D eigenvalue weighted by Gasteiger charge is -2.19. The number of halogens is 4. The molecule has 0 atom stereocenters. The highest BCUT2D eigenvalue weighted by Gasteiger charge is 2.32. The number of rotatable bonds is 7. The van der Waals surface area contributed by atoms with Crippen molar-refractivity contribution in [1.29, 1.82) is 0 Å². The van der Waals surface area contributed by atoms with Crippen molar-refractivity contribution in [2.45, 2.75) is 64.6 Å². The maximum atomic E-state index is 14.3. The molecular weight excluding hydrogens is 681 g/mol. The number of ether oxygens (including phenoxy) is 1. The summed E-state index contributed by atoms with van der Waals surface area (Å²) >= 11 is 6.12. The Kier molecular flexibility index (Phi) is 9.94. The molecule has 0 spiro atoms. The van der Waals surface area contributed by atoms with Gasteiger partial charge in [0.05, 0.1) is 27.5 Å². The number of aromatic hydroxyl groups is 1. The predicted molar refractivity (Wildman–Crippen MR) is 176 cm³/mol. The molecule has 2 aliphatic heterocycles. The molecule has 5 heterocycles. The zero-order chi connectivity index (χ0) is 35.7. The van der Waals surface area contributed by atoms with E-state index in [-0.39, 0.29) is 52.6 Å². The molecule has 2 N–H and O–H groups in total. The summed E-state index contributed by atoms with van der Waals surface area (Å²) in [5.41, 5.74) is 0.227. The number of aromatic nitrogens is 6. The van der Waals surface area contributed by atoms with Gasteiger partial charge in [0.25, 0.3) is 11.5 Å². The highest BCUT2D eigenvalue weighted by Crippen LogP contribution is 2.34. The second-order valence-corrected chi connectivity index (χ2v) is 12.5. The lowest BCUT2D eigenvalue weighted by molar-refractivity contribution is -0.137. The Hall–Kier alpha value is -4.83. The molecule has 0 aliphatic carbocycles. The van der Waals surface area contributed by atoms with E-state index >= 15 is 0 Å². The van der Waals surface area contributed by atoms with Crippen LogP contribution in [0.15, 0.2) is 35.4 Å². The molecule has 264 valence electrons. The van der Waals surface area contributed by atoms with E-state index in [1.165, 1.54) is 15.7 Å². The maximum Gasteiger partial charge on any atom is 0.416 e. The number of allylic oxidation sites excluding steroid dienone is 1. The fourth-order valence-corrected chi connectivity index (χ4v) is 6.51. The van der Waals surface area contributed by atoms with Crippen molar-refractivity contribution in [3.63, 3.8) is 0 Å². The van der Waals surface area contributed by atoms with Gasteiger partial charge in [-0.2, -0.15) is 22.7 Å². The molecule has 0 saturated carbocycles. The van der Waals surface area contributed by atoms with Gasteiger partial charge >= 0.3 is 6.18 Å². The number of fused-ring (bicyclic) bond motifs is 1. The zero-order valence-electron chi connectivity index (χ0n) is 27.3. The Morgan fingerprint density at radius 2 is 1.94 bits per heavy atom. The van der Waals surface area contributed by atoms with Crippen LogP contribution in [0, 0.1) is 6.92 Å². The largest absolute Gasteiger partial charge is 0.504 e. The van der Waals surface area contributed by atoms with Gasteiger partial charge in [-0.1, -0.05) is 24.6 Å². The van der Waals surface area contributed by atoms with Gasteiger partial charge in [0.2, 0.25) is 11.7 Å². The van der Waals surface area contributed by atoms with Gasteiger partial charge in [-0.3, -0.25) is 14.4 Å². The topological polar surface area (TPSA) is 157 Å². The van der Waals surface area contributed by atoms with Crippen LogP contribution in [0.25, 0.3) is 11.4 Å². The number of carbonyl (C=O) groups excluding carboxylic acids is 2. The molecule has 13 nitrogen and oxygen atoms in total. The van der Waals surface area contributed by atoms with E-state index in [0.717, 1.165) is 18.2 Å². The van der Waals surface area contributed by atoms with Crippen LogP contribution in [0.2, 0.25) is 5.02 Å². The van der Waals surface area contributed by atoms with Crippen LogP contribution in [0.4, 0.5) is 18.9 Å². The van der Waals surface area contributed by atoms with E-state index in [1.54, 1.807) is 17.6 Å². The number of hydrogen-bond donors (Lipinski definition) is 2. The molecule has 2 amide bonds. The van der Waals surface area contributed by atoms with E-state index in [4.69, 9.17) is 21.3 Å². The predicted octanol–water partition coefficient (Wildman–Crippen LogP) is 4.78. The summed E-state index contributed by atoms with van der Waals surface area (Å²) in [7, 11) is 0. The van der Waals surface area contributed by atoms with E-state index in [1.807, 2.05) is 6.92 Å². The van der Waals surface area contributed by atoms with Gasteiger partial charge in [0, 0.05) is 37.9 Å². The average molecular weight is 715 g/mol. The third-order valence-corrected chi connectivity index (χ3v) is 9.22. The van der Waals surface area contributed by atoms with Crippen LogP contribution in [-0.2, 0) is 28.7 Å². The maximum absolute atomic E-state index is 14.3. The molecule has 17 heteroatoms. The molecule has 50 heavy (non-hydrogen) atoms. The van der Waals surface area contributed by atoms with Crippen LogP contribution >= 0.6 is 11.6 Å². The van der Waals surface area contributed by atoms with Crippen LogP contribution < -0.4 is 10.9 Å². The Bertz CT molecular complexity index is 2060. The van der Waals surface area contributed by atoms with Gasteiger partial charge in [-0.25, -0.2) is 9.97 Å². The minimum Gasteiger partial charge on any atom is -0.504 e. The number of benzene rings is 1. The van der Waals surface area contributed by atoms with Crippen LogP contribution in [-0.4, -0.2) is 77.3 Å². The minimum absolute atomic E-state index is 0.00878. The zero-order valence-corrected chi connectivity index (χ0v) is 28.0. The summed E-state index contributed by atoms with van der Waals surface area (Å²) < 4.78 is 47.9. The number of anilines is 1. The molecule has 1 saturated heterocycles. The normalized spacial score (nSPS) is 16.0. The molecule has 4 aromatic rings. The number of nitrogens with zero attached hydrogens (tertiary/aromatic N) is 7. The Morgan fingerprint density at radius 1 is 1.18 bits per heavy atom. The van der Waals surface area contributed by atoms with Crippen molar-refractivity contribution in [1.82, 2.24) is 34.0 Å². The molecule has 0 radical (unpaired) electrons. The summed E-state index contributed by atoms with van der Waals surface area (Å²) in [6, 6.07) is 2.65. The number of amides is 2. The second kappa shape index (κ2) is 14.2. The SMILES string of the molecule is CCc1c(C2=CCN(C(=O)c3ncnc(C)c3O)CCC2)c(=O)n2nc(C3CCOCC3)nc2n1CC(=O)Nc1ccc(C(F)(F)F)cc1Cl. The van der Waals surface area contributed by atoms with Gasteiger partial charge in [0.15, 0.2) is 17.3 Å². The summed E-state index contributed by atoms with van der Waals surface area (Å²) in [6.07, 6.45) is 0.902. The van der Waals surface area contributed by atoms with Crippen LogP contribution in [0.3, 0.4) is 0 Å². The quantitative estimate of drug-likeness (QED) is 0.275. The third kappa shape index (κ3) is 6.94. The van der Waals surface area contributed by atoms with E-state index in [9.17, 15) is 32.7 Å². The van der Waals surface area contributed by atoms with E-state index in [0.29, 0.717) is 74.5 Å². The molecule has 1 fully saturated rings. The van der Waals surface area contributed by atoms with Crippen LogP contribution in [0.5, 0.6) is 5.75 Å². The van der Waals surface area contributed by atoms with Crippen molar-refractivity contribution < 1.29 is 32.6 Å². The standard InChI is InChI=1S/C33H34ClF3N8O5/c1-3-24-26(19-5-4-11-43(12-8-19)31(49)27-28(47)18(2)38-17-39-27)30(48)45-32(41-29(42-45)20-9-13-50-14-10-20)44(24)16-25(46)40-23-7-6-21(15-22(23)34)33(35,36)37/h6-8,15,17,20,47H,3-5,9-14,16H2,1-2H3,(H,40,46). The van der Waals surface area contributed by atoms with E-state index < -0.39 is 29.1 Å². The molecule has 2 aliphatic rings. The fourth-order valence-electron chi connectivity index (χ4n) is 6.29. The summed E-state index contributed by atoms with van der Waals surface area (Å²) in [4.78, 5) is 55.3. The Morgan fingerprint density at radius 3 is 2.64 bits per heavy atom. The molecule has 0 bridgehead atoms. The smallest absolute Gasteiger partial charge is 0.416 e. The summed E-state index contributed by atoms with van der Waals surface area (Å²) in [5.74, 6) is -0.870. The van der Waals surface area contributed by atoms with Crippen molar-refractivity contribution in [2.24, 2.45) is 0 Å². The number of hydrogen-bond acceptors (Lipinski definition) is 9. The Labute approximate surface area is 288 Å². The van der Waals surface area contributed by atoms with Crippen LogP contribution in [0.1, 0.15) is 77.4 Å². The molecule has 0 unspecified atom stereocenters. The first-order valence-corrected chi connectivity index (χ1v) is 16.5. The molecular formula is C33H34ClF3N8O5. The highest BCUT2D eigenvalue weighted by atomic mass is 35.5. The van der Waals surface area contributed by atoms with Crippen molar-refractivity contribution >= 4 is 40.5 Å². The number of carbonyl (C=O) groups is 2. The van der Waals surface area contributed by atoms with Gasteiger partial charge in [-0.15, -0.1) is 5.10 Å². The van der Waals surface area contributed by atoms with E-state index in [2.05, 4.69) is 20.4 Å². The van der Waals surface area contributed by atoms with Gasteiger partial charge in [0.1, 0.15) is 12.9 Å². The number of nitrogens with one attached hydrogen (secondary N) is 1. The molecule has 1 aromatic carbocycles. The lowest BCUT2D eigenvalue weighted by Crippen LogP contribution is -2.32. The monoisotopic (exact) mass is 714 g/mol. The molecule has 3 aromatic heterocycles.